The van der Waals surface area contributed by atoms with Crippen molar-refractivity contribution in [1.82, 2.24) is 5.32 Å². The molecule has 1 saturated heterocycles. The van der Waals surface area contributed by atoms with Crippen molar-refractivity contribution in [2.24, 2.45) is 5.73 Å². The van der Waals surface area contributed by atoms with Gasteiger partial charge >= 0.3 is 0 Å². The van der Waals surface area contributed by atoms with Crippen LogP contribution in [-0.2, 0) is 4.74 Å². The minimum Gasteiger partial charge on any atom is -0.379 e. The summed E-state index contributed by atoms with van der Waals surface area (Å²) >= 11 is 0. The molecule has 16 heavy (non-hydrogen) atoms. The first kappa shape index (κ1) is 12.3. The highest BCUT2D eigenvalue weighted by Gasteiger charge is 2.33. The van der Waals surface area contributed by atoms with Crippen LogP contribution in [0.1, 0.15) is 51.4 Å². The maximum atomic E-state index is 5.95. The summed E-state index contributed by atoms with van der Waals surface area (Å²) in [5, 5.41) is 3.81. The highest BCUT2D eigenvalue weighted by Crippen LogP contribution is 2.23. The highest BCUT2D eigenvalue weighted by atomic mass is 16.5. The molecule has 1 atom stereocenters. The van der Waals surface area contributed by atoms with E-state index in [0.29, 0.717) is 12.6 Å². The van der Waals surface area contributed by atoms with E-state index in [1.165, 1.54) is 44.9 Å². The topological polar surface area (TPSA) is 47.3 Å². The number of hydrogen-bond acceptors (Lipinski definition) is 3. The Balaban J connectivity index is 1.88. The van der Waals surface area contributed by atoms with Crippen molar-refractivity contribution >= 4 is 0 Å². The van der Waals surface area contributed by atoms with Crippen LogP contribution in [0, 0.1) is 0 Å². The fourth-order valence-corrected chi connectivity index (χ4v) is 3.04. The average molecular weight is 226 g/mol. The molecule has 3 heteroatoms. The van der Waals surface area contributed by atoms with E-state index in [1.807, 2.05) is 0 Å². The fourth-order valence-electron chi connectivity index (χ4n) is 3.04. The summed E-state index contributed by atoms with van der Waals surface area (Å²) < 4.78 is 5.61. The fraction of sp³-hybridized carbons (Fsp3) is 1.00. The van der Waals surface area contributed by atoms with Crippen molar-refractivity contribution in [1.29, 1.82) is 0 Å². The largest absolute Gasteiger partial charge is 0.379 e. The third-order valence-corrected chi connectivity index (χ3v) is 4.08. The Labute approximate surface area is 99.1 Å². The second-order valence-electron chi connectivity index (χ2n) is 5.47. The molecule has 0 radical (unpaired) electrons. The normalized spacial score (nSPS) is 33.6. The Bertz CT molecular complexity index is 194. The molecule has 94 valence electrons. The van der Waals surface area contributed by atoms with Crippen LogP contribution in [-0.4, -0.2) is 31.3 Å². The van der Waals surface area contributed by atoms with Gasteiger partial charge in [-0.1, -0.05) is 25.7 Å². The molecule has 0 amide bonds. The van der Waals surface area contributed by atoms with Crippen LogP contribution in [0.5, 0.6) is 0 Å². The summed E-state index contributed by atoms with van der Waals surface area (Å²) in [6.45, 7) is 2.43. The first-order chi connectivity index (χ1) is 7.85. The van der Waals surface area contributed by atoms with Gasteiger partial charge in [0.05, 0.1) is 12.1 Å². The van der Waals surface area contributed by atoms with Crippen LogP contribution in [0.2, 0.25) is 0 Å². The second-order valence-corrected chi connectivity index (χ2v) is 5.47. The molecule has 2 aliphatic rings. The molecule has 0 spiro atoms. The predicted octanol–water partition coefficient (Wildman–Crippen LogP) is 1.81. The first-order valence-corrected chi connectivity index (χ1v) is 6.90. The lowest BCUT2D eigenvalue weighted by Gasteiger charge is -2.40. The lowest BCUT2D eigenvalue weighted by Crippen LogP contribution is -2.59. The Morgan fingerprint density at radius 1 is 1.12 bits per heavy atom. The van der Waals surface area contributed by atoms with Crippen molar-refractivity contribution in [3.8, 4) is 0 Å². The third-order valence-electron chi connectivity index (χ3n) is 4.08. The van der Waals surface area contributed by atoms with Crippen LogP contribution in [0.25, 0.3) is 0 Å². The SMILES string of the molecule is NCC1(NC2CCCCCC2)CCCOC1. The third kappa shape index (κ3) is 3.19. The molecule has 1 saturated carbocycles. The Morgan fingerprint density at radius 3 is 2.44 bits per heavy atom. The lowest BCUT2D eigenvalue weighted by atomic mass is 9.90. The molecule has 3 nitrogen and oxygen atoms in total. The van der Waals surface area contributed by atoms with Gasteiger partial charge in [0, 0.05) is 19.2 Å². The first-order valence-electron chi connectivity index (χ1n) is 6.90. The monoisotopic (exact) mass is 226 g/mol. The smallest absolute Gasteiger partial charge is 0.0660 e. The summed E-state index contributed by atoms with van der Waals surface area (Å²) in [4.78, 5) is 0. The molecule has 3 N–H and O–H groups in total. The Morgan fingerprint density at radius 2 is 1.88 bits per heavy atom. The van der Waals surface area contributed by atoms with Crippen molar-refractivity contribution in [2.75, 3.05) is 19.8 Å². The summed E-state index contributed by atoms with van der Waals surface area (Å²) in [5.41, 5.74) is 6.03. The van der Waals surface area contributed by atoms with E-state index in [9.17, 15) is 0 Å². The summed E-state index contributed by atoms with van der Waals surface area (Å²) in [5.74, 6) is 0. The quantitative estimate of drug-likeness (QED) is 0.722. The number of hydrogen-bond donors (Lipinski definition) is 2. The highest BCUT2D eigenvalue weighted by molar-refractivity contribution is 4.94. The molecule has 0 aromatic carbocycles. The number of nitrogens with one attached hydrogen (secondary N) is 1. The van der Waals surface area contributed by atoms with E-state index >= 15 is 0 Å². The zero-order valence-electron chi connectivity index (χ0n) is 10.3. The van der Waals surface area contributed by atoms with Gasteiger partial charge in [-0.15, -0.1) is 0 Å². The van der Waals surface area contributed by atoms with Crippen molar-refractivity contribution < 1.29 is 4.74 Å². The minimum atomic E-state index is 0.0766. The molecule has 2 fully saturated rings. The summed E-state index contributed by atoms with van der Waals surface area (Å²) in [6.07, 6.45) is 10.5. The van der Waals surface area contributed by atoms with Crippen LogP contribution < -0.4 is 11.1 Å². The van der Waals surface area contributed by atoms with Crippen LogP contribution in [0.15, 0.2) is 0 Å². The van der Waals surface area contributed by atoms with Crippen LogP contribution in [0.4, 0.5) is 0 Å². The van der Waals surface area contributed by atoms with E-state index in [4.69, 9.17) is 10.5 Å². The standard InChI is InChI=1S/C13H26N2O/c14-10-13(8-5-9-16-11-13)15-12-6-3-1-2-4-7-12/h12,15H,1-11,14H2. The lowest BCUT2D eigenvalue weighted by molar-refractivity contribution is 0.0176. The molecular formula is C13H26N2O. The van der Waals surface area contributed by atoms with Gasteiger partial charge in [-0.25, -0.2) is 0 Å². The van der Waals surface area contributed by atoms with Gasteiger partial charge in [0.25, 0.3) is 0 Å². The predicted molar refractivity (Wildman–Crippen MR) is 66.5 cm³/mol. The van der Waals surface area contributed by atoms with Crippen molar-refractivity contribution in [3.63, 3.8) is 0 Å². The van der Waals surface area contributed by atoms with Gasteiger partial charge in [-0.2, -0.15) is 0 Å². The van der Waals surface area contributed by atoms with Gasteiger partial charge in [-0.3, -0.25) is 0 Å². The van der Waals surface area contributed by atoms with Crippen molar-refractivity contribution in [3.05, 3.63) is 0 Å². The van der Waals surface area contributed by atoms with Gasteiger partial charge in [0.1, 0.15) is 0 Å². The van der Waals surface area contributed by atoms with E-state index in [2.05, 4.69) is 5.32 Å². The van der Waals surface area contributed by atoms with Gasteiger partial charge < -0.3 is 15.8 Å². The van der Waals surface area contributed by atoms with E-state index in [-0.39, 0.29) is 5.54 Å². The molecule has 1 aliphatic heterocycles. The Kier molecular flexibility index (Phi) is 4.62. The van der Waals surface area contributed by atoms with Crippen LogP contribution in [0.3, 0.4) is 0 Å². The van der Waals surface area contributed by atoms with E-state index in [0.717, 1.165) is 19.6 Å². The second kappa shape index (κ2) is 5.99. The molecule has 1 unspecified atom stereocenters. The van der Waals surface area contributed by atoms with Gasteiger partial charge in [0.2, 0.25) is 0 Å². The number of ether oxygens (including phenoxy) is 1. The zero-order valence-corrected chi connectivity index (χ0v) is 10.3. The van der Waals surface area contributed by atoms with Gasteiger partial charge in [-0.05, 0) is 25.7 Å². The molecule has 1 heterocycles. The maximum absolute atomic E-state index is 5.95. The molecule has 0 aromatic rings. The summed E-state index contributed by atoms with van der Waals surface area (Å²) in [6, 6.07) is 0.674. The number of nitrogens with two attached hydrogens (primary N) is 1. The maximum Gasteiger partial charge on any atom is 0.0660 e. The molecule has 0 bridgehead atoms. The van der Waals surface area contributed by atoms with E-state index in [1.54, 1.807) is 0 Å². The zero-order chi connectivity index (χ0) is 11.3. The van der Waals surface area contributed by atoms with Gasteiger partial charge in [0.15, 0.2) is 0 Å². The molecule has 0 aromatic heterocycles. The van der Waals surface area contributed by atoms with E-state index < -0.39 is 0 Å². The molecular weight excluding hydrogens is 200 g/mol. The van der Waals surface area contributed by atoms with Crippen molar-refractivity contribution in [2.45, 2.75) is 62.9 Å². The molecule has 1 aliphatic carbocycles. The summed E-state index contributed by atoms with van der Waals surface area (Å²) in [7, 11) is 0. The Hall–Kier alpha value is -0.120. The molecule has 2 rings (SSSR count). The number of rotatable bonds is 3. The minimum absolute atomic E-state index is 0.0766. The van der Waals surface area contributed by atoms with Crippen LogP contribution >= 0.6 is 0 Å². The average Bonchev–Trinajstić information content (AvgIpc) is 2.59.